The summed E-state index contributed by atoms with van der Waals surface area (Å²) in [6.45, 7) is 6.98. The minimum atomic E-state index is 0. The van der Waals surface area contributed by atoms with Crippen LogP contribution >= 0.6 is 24.0 Å². The first-order chi connectivity index (χ1) is 16.1. The largest absolute Gasteiger partial charge is 0.357 e. The van der Waals surface area contributed by atoms with Crippen LogP contribution in [0.5, 0.6) is 0 Å². The molecule has 0 aliphatic carbocycles. The summed E-state index contributed by atoms with van der Waals surface area (Å²) < 4.78 is 1.85. The third-order valence-corrected chi connectivity index (χ3v) is 5.85. The molecule has 4 rings (SSSR count). The maximum absolute atomic E-state index is 12.6. The van der Waals surface area contributed by atoms with Crippen LogP contribution in [0.3, 0.4) is 0 Å². The maximum atomic E-state index is 12.6. The lowest BCUT2D eigenvalue weighted by molar-refractivity contribution is -0.131. The van der Waals surface area contributed by atoms with E-state index in [1.54, 1.807) is 6.20 Å². The van der Waals surface area contributed by atoms with Crippen LogP contribution in [0.25, 0.3) is 5.69 Å². The van der Waals surface area contributed by atoms with Gasteiger partial charge in [0.1, 0.15) is 0 Å². The number of nitrogens with zero attached hydrogens (tertiary/aromatic N) is 4. The highest BCUT2D eigenvalue weighted by molar-refractivity contribution is 14.0. The summed E-state index contributed by atoms with van der Waals surface area (Å²) >= 11 is 0. The average molecular weight is 572 g/mol. The number of rotatable bonds is 8. The number of carbonyl (C=O) groups is 1. The molecule has 1 aliphatic heterocycles. The van der Waals surface area contributed by atoms with Crippen molar-refractivity contribution in [1.82, 2.24) is 25.3 Å². The molecule has 2 aromatic carbocycles. The van der Waals surface area contributed by atoms with Crippen molar-refractivity contribution in [3.63, 3.8) is 0 Å². The van der Waals surface area contributed by atoms with Gasteiger partial charge in [0.15, 0.2) is 5.96 Å². The van der Waals surface area contributed by atoms with Crippen LogP contribution < -0.4 is 10.6 Å². The molecular formula is C26H33IN6O. The summed E-state index contributed by atoms with van der Waals surface area (Å²) in [6, 6.07) is 18.6. The van der Waals surface area contributed by atoms with Crippen molar-refractivity contribution in [1.29, 1.82) is 0 Å². The Morgan fingerprint density at radius 1 is 1.12 bits per heavy atom. The lowest BCUT2D eigenvalue weighted by Crippen LogP contribution is -2.38. The number of amides is 1. The number of fused-ring (bicyclic) bond motifs is 1. The number of halogens is 1. The fourth-order valence-electron chi connectivity index (χ4n) is 4.06. The lowest BCUT2D eigenvalue weighted by Gasteiger charge is -2.19. The van der Waals surface area contributed by atoms with Crippen LogP contribution in [0.15, 0.2) is 72.0 Å². The Hall–Kier alpha value is -2.88. The number of hydrogen-bond donors (Lipinski definition) is 2. The van der Waals surface area contributed by atoms with Gasteiger partial charge in [-0.25, -0.2) is 4.68 Å². The Kier molecular flexibility index (Phi) is 9.50. The summed E-state index contributed by atoms with van der Waals surface area (Å²) in [6.07, 6.45) is 4.95. The van der Waals surface area contributed by atoms with E-state index in [1.807, 2.05) is 46.1 Å². The highest BCUT2D eigenvalue weighted by atomic mass is 127. The Balaban J connectivity index is 0.00000324. The van der Waals surface area contributed by atoms with Crippen molar-refractivity contribution in [3.05, 3.63) is 83.7 Å². The van der Waals surface area contributed by atoms with Gasteiger partial charge in [-0.05, 0) is 55.2 Å². The molecule has 0 spiro atoms. The minimum Gasteiger partial charge on any atom is -0.357 e. The number of nitrogens with one attached hydrogen (secondary N) is 2. The molecule has 0 bridgehead atoms. The topological polar surface area (TPSA) is 74.6 Å². The zero-order chi connectivity index (χ0) is 23.0. The van der Waals surface area contributed by atoms with E-state index in [9.17, 15) is 4.79 Å². The predicted octanol–water partition coefficient (Wildman–Crippen LogP) is 4.43. The Morgan fingerprint density at radius 2 is 1.88 bits per heavy atom. The number of guanidine groups is 1. The Labute approximate surface area is 218 Å². The Morgan fingerprint density at radius 3 is 2.56 bits per heavy atom. The molecule has 0 saturated carbocycles. The van der Waals surface area contributed by atoms with Gasteiger partial charge >= 0.3 is 0 Å². The monoisotopic (exact) mass is 572 g/mol. The number of carbonyl (C=O) groups excluding carboxylic acids is 1. The van der Waals surface area contributed by atoms with Crippen molar-refractivity contribution >= 4 is 35.8 Å². The molecule has 1 atom stereocenters. The molecule has 34 heavy (non-hydrogen) atoms. The SMILES string of the molecule is CCNC(=NCCCC(=O)N1Cc2ccccc2C1)NC(C)c1cccc(-n2cccn2)c1.I. The van der Waals surface area contributed by atoms with E-state index in [4.69, 9.17) is 4.99 Å². The summed E-state index contributed by atoms with van der Waals surface area (Å²) in [5.41, 5.74) is 4.69. The molecule has 0 saturated heterocycles. The average Bonchev–Trinajstić information content (AvgIpc) is 3.52. The summed E-state index contributed by atoms with van der Waals surface area (Å²) in [5, 5.41) is 11.1. The first-order valence-electron chi connectivity index (χ1n) is 11.6. The number of hydrogen-bond acceptors (Lipinski definition) is 3. The molecule has 1 amide bonds. The van der Waals surface area contributed by atoms with Crippen LogP contribution in [-0.4, -0.2) is 39.6 Å². The Bertz CT molecular complexity index is 1070. The second-order valence-corrected chi connectivity index (χ2v) is 8.29. The van der Waals surface area contributed by atoms with Crippen LogP contribution in [0, 0.1) is 0 Å². The van der Waals surface area contributed by atoms with Gasteiger partial charge in [0.05, 0.1) is 11.7 Å². The molecular weight excluding hydrogens is 539 g/mol. The van der Waals surface area contributed by atoms with Gasteiger partial charge in [0.25, 0.3) is 0 Å². The van der Waals surface area contributed by atoms with Crippen LogP contribution in [0.2, 0.25) is 0 Å². The fraction of sp³-hybridized carbons (Fsp3) is 0.346. The third-order valence-electron chi connectivity index (χ3n) is 5.85. The van der Waals surface area contributed by atoms with Crippen LogP contribution in [-0.2, 0) is 17.9 Å². The molecule has 3 aromatic rings. The molecule has 1 unspecified atom stereocenters. The quantitative estimate of drug-likeness (QED) is 0.181. The zero-order valence-electron chi connectivity index (χ0n) is 19.8. The van der Waals surface area contributed by atoms with E-state index >= 15 is 0 Å². The summed E-state index contributed by atoms with van der Waals surface area (Å²) in [7, 11) is 0. The molecule has 1 aromatic heterocycles. The molecule has 0 fully saturated rings. The van der Waals surface area contributed by atoms with E-state index in [0.29, 0.717) is 13.0 Å². The van der Waals surface area contributed by atoms with Crippen LogP contribution in [0.4, 0.5) is 0 Å². The number of aliphatic imine (C=N–C) groups is 1. The van der Waals surface area contributed by atoms with E-state index in [1.165, 1.54) is 11.1 Å². The van der Waals surface area contributed by atoms with E-state index in [-0.39, 0.29) is 35.9 Å². The van der Waals surface area contributed by atoms with Gasteiger partial charge in [-0.1, -0.05) is 36.4 Å². The highest BCUT2D eigenvalue weighted by Gasteiger charge is 2.22. The van der Waals surface area contributed by atoms with Crippen molar-refractivity contribution in [2.45, 2.75) is 45.8 Å². The fourth-order valence-corrected chi connectivity index (χ4v) is 4.06. The van der Waals surface area contributed by atoms with Gasteiger partial charge in [0.2, 0.25) is 5.91 Å². The highest BCUT2D eigenvalue weighted by Crippen LogP contribution is 2.23. The smallest absolute Gasteiger partial charge is 0.223 e. The van der Waals surface area contributed by atoms with E-state index in [2.05, 4.69) is 53.8 Å². The van der Waals surface area contributed by atoms with Crippen molar-refractivity contribution in [3.8, 4) is 5.69 Å². The standard InChI is InChI=1S/C26H32N6O.HI/c1-3-27-26(30-20(2)21-11-6-12-24(17-21)32-16-8-15-29-32)28-14-7-13-25(33)31-18-22-9-4-5-10-23(22)19-31;/h4-6,8-12,15-17,20H,3,7,13-14,18-19H2,1-2H3,(H2,27,28,30);1H. The van der Waals surface area contributed by atoms with E-state index in [0.717, 1.165) is 43.3 Å². The molecule has 8 heteroatoms. The molecule has 0 radical (unpaired) electrons. The van der Waals surface area contributed by atoms with E-state index < -0.39 is 0 Å². The molecule has 2 heterocycles. The van der Waals surface area contributed by atoms with Gasteiger partial charge in [0, 0.05) is 45.0 Å². The number of benzene rings is 2. The second kappa shape index (κ2) is 12.5. The van der Waals surface area contributed by atoms with Gasteiger partial charge < -0.3 is 15.5 Å². The molecule has 7 nitrogen and oxygen atoms in total. The maximum Gasteiger partial charge on any atom is 0.223 e. The van der Waals surface area contributed by atoms with Crippen molar-refractivity contribution < 1.29 is 4.79 Å². The van der Waals surface area contributed by atoms with Crippen molar-refractivity contribution in [2.24, 2.45) is 4.99 Å². The zero-order valence-corrected chi connectivity index (χ0v) is 22.1. The van der Waals surface area contributed by atoms with Crippen LogP contribution in [0.1, 0.15) is 49.4 Å². The van der Waals surface area contributed by atoms with Crippen molar-refractivity contribution in [2.75, 3.05) is 13.1 Å². The van der Waals surface area contributed by atoms with Gasteiger partial charge in [-0.15, -0.1) is 24.0 Å². The molecule has 2 N–H and O–H groups in total. The van der Waals surface area contributed by atoms with Gasteiger partial charge in [-0.3, -0.25) is 9.79 Å². The first kappa shape index (κ1) is 25.7. The minimum absolute atomic E-state index is 0. The molecule has 1 aliphatic rings. The summed E-state index contributed by atoms with van der Waals surface area (Å²) in [5.74, 6) is 0.957. The first-order valence-corrected chi connectivity index (χ1v) is 11.6. The third kappa shape index (κ3) is 6.59. The lowest BCUT2D eigenvalue weighted by atomic mass is 10.1. The van der Waals surface area contributed by atoms with Gasteiger partial charge in [-0.2, -0.15) is 5.10 Å². The summed E-state index contributed by atoms with van der Waals surface area (Å²) in [4.78, 5) is 19.2. The number of aromatic nitrogens is 2. The molecule has 180 valence electrons. The normalized spacial score (nSPS) is 13.7. The second-order valence-electron chi connectivity index (χ2n) is 8.29. The predicted molar refractivity (Wildman–Crippen MR) is 146 cm³/mol.